The molecule has 118 valence electrons. The number of aromatic nitrogens is 1. The predicted molar refractivity (Wildman–Crippen MR) is 85.6 cm³/mol. The van der Waals surface area contributed by atoms with E-state index >= 15 is 0 Å². The Morgan fingerprint density at radius 1 is 1.38 bits per heavy atom. The molecule has 0 bridgehead atoms. The van der Waals surface area contributed by atoms with Crippen molar-refractivity contribution in [1.29, 1.82) is 0 Å². The average molecular weight is 292 g/mol. The molecule has 1 aliphatic carbocycles. The van der Waals surface area contributed by atoms with Crippen LogP contribution in [-0.4, -0.2) is 30.8 Å². The fourth-order valence-electron chi connectivity index (χ4n) is 3.12. The van der Waals surface area contributed by atoms with Crippen LogP contribution < -0.4 is 10.6 Å². The number of aryl methyl sites for hydroxylation is 2. The Balaban J connectivity index is 1.78. The molecule has 0 amide bonds. The summed E-state index contributed by atoms with van der Waals surface area (Å²) in [6.45, 7) is 7.13. The summed E-state index contributed by atoms with van der Waals surface area (Å²) in [6, 6.07) is 0.555. The zero-order chi connectivity index (χ0) is 15.2. The Morgan fingerprint density at radius 2 is 2.19 bits per heavy atom. The van der Waals surface area contributed by atoms with Gasteiger partial charge in [0.1, 0.15) is 5.76 Å². The van der Waals surface area contributed by atoms with E-state index in [0.717, 1.165) is 36.3 Å². The summed E-state index contributed by atoms with van der Waals surface area (Å²) in [5.41, 5.74) is 2.18. The van der Waals surface area contributed by atoms with Crippen LogP contribution in [0.3, 0.4) is 0 Å². The molecule has 5 heteroatoms. The van der Waals surface area contributed by atoms with E-state index in [0.29, 0.717) is 6.04 Å². The molecule has 1 aliphatic rings. The molecule has 1 saturated carbocycles. The van der Waals surface area contributed by atoms with Gasteiger partial charge in [0.25, 0.3) is 0 Å². The van der Waals surface area contributed by atoms with Crippen LogP contribution in [0.2, 0.25) is 0 Å². The van der Waals surface area contributed by atoms with Crippen LogP contribution in [0.15, 0.2) is 9.52 Å². The van der Waals surface area contributed by atoms with Gasteiger partial charge in [-0.05, 0) is 39.0 Å². The number of nitrogens with one attached hydrogen (secondary N) is 2. The van der Waals surface area contributed by atoms with Gasteiger partial charge in [0, 0.05) is 25.2 Å². The van der Waals surface area contributed by atoms with Crippen LogP contribution in [-0.2, 0) is 6.42 Å². The first-order valence-electron chi connectivity index (χ1n) is 7.99. The molecule has 2 atom stereocenters. The van der Waals surface area contributed by atoms with E-state index in [-0.39, 0.29) is 0 Å². The lowest BCUT2D eigenvalue weighted by molar-refractivity contribution is 0.324. The summed E-state index contributed by atoms with van der Waals surface area (Å²) in [7, 11) is 1.83. The van der Waals surface area contributed by atoms with E-state index < -0.39 is 0 Å². The van der Waals surface area contributed by atoms with E-state index in [2.05, 4.69) is 27.7 Å². The molecule has 5 nitrogen and oxygen atoms in total. The quantitative estimate of drug-likeness (QED) is 0.661. The standard InChI is InChI=1S/C16H28N4O/c1-11-6-5-7-14(10-11)19-16(17-4)18-9-8-15-12(2)20-21-13(15)3/h11,14H,5-10H2,1-4H3,(H2,17,18,19). The van der Waals surface area contributed by atoms with Crippen LogP contribution in [0, 0.1) is 19.8 Å². The van der Waals surface area contributed by atoms with Gasteiger partial charge < -0.3 is 15.2 Å². The summed E-state index contributed by atoms with van der Waals surface area (Å²) in [6.07, 6.45) is 6.06. The molecule has 1 fully saturated rings. The van der Waals surface area contributed by atoms with Gasteiger partial charge >= 0.3 is 0 Å². The number of aliphatic imine (C=N–C) groups is 1. The topological polar surface area (TPSA) is 62.5 Å². The van der Waals surface area contributed by atoms with Crippen molar-refractivity contribution in [2.24, 2.45) is 10.9 Å². The van der Waals surface area contributed by atoms with Gasteiger partial charge in [-0.2, -0.15) is 0 Å². The second kappa shape index (κ2) is 7.48. The van der Waals surface area contributed by atoms with Gasteiger partial charge in [-0.1, -0.05) is 24.9 Å². The number of guanidine groups is 1. The lowest BCUT2D eigenvalue weighted by atomic mass is 9.87. The van der Waals surface area contributed by atoms with E-state index in [1.54, 1.807) is 0 Å². The average Bonchev–Trinajstić information content (AvgIpc) is 2.78. The summed E-state index contributed by atoms with van der Waals surface area (Å²) in [4.78, 5) is 4.33. The van der Waals surface area contributed by atoms with Crippen molar-refractivity contribution in [3.63, 3.8) is 0 Å². The molecule has 1 aromatic rings. The first-order valence-corrected chi connectivity index (χ1v) is 7.99. The van der Waals surface area contributed by atoms with Crippen LogP contribution in [0.5, 0.6) is 0 Å². The minimum Gasteiger partial charge on any atom is -0.361 e. The minimum atomic E-state index is 0.555. The van der Waals surface area contributed by atoms with Gasteiger partial charge in [-0.15, -0.1) is 0 Å². The van der Waals surface area contributed by atoms with Crippen molar-refractivity contribution in [2.75, 3.05) is 13.6 Å². The number of hydrogen-bond acceptors (Lipinski definition) is 3. The molecule has 2 unspecified atom stereocenters. The van der Waals surface area contributed by atoms with Crippen LogP contribution in [0.1, 0.15) is 49.6 Å². The maximum absolute atomic E-state index is 5.19. The first-order chi connectivity index (χ1) is 10.1. The Bertz CT molecular complexity index is 461. The molecule has 2 rings (SSSR count). The van der Waals surface area contributed by atoms with Crippen LogP contribution in [0.25, 0.3) is 0 Å². The van der Waals surface area contributed by atoms with E-state index in [1.807, 2.05) is 20.9 Å². The highest BCUT2D eigenvalue weighted by molar-refractivity contribution is 5.79. The molecule has 0 aromatic carbocycles. The molecule has 1 heterocycles. The fraction of sp³-hybridized carbons (Fsp3) is 0.750. The number of hydrogen-bond donors (Lipinski definition) is 2. The molecule has 1 aromatic heterocycles. The van der Waals surface area contributed by atoms with Gasteiger partial charge in [-0.3, -0.25) is 4.99 Å². The third-order valence-electron chi connectivity index (χ3n) is 4.35. The summed E-state index contributed by atoms with van der Waals surface area (Å²) >= 11 is 0. The van der Waals surface area contributed by atoms with E-state index in [9.17, 15) is 0 Å². The van der Waals surface area contributed by atoms with Crippen molar-refractivity contribution < 1.29 is 4.52 Å². The summed E-state index contributed by atoms with van der Waals surface area (Å²) in [5.74, 6) is 2.64. The van der Waals surface area contributed by atoms with Gasteiger partial charge in [-0.25, -0.2) is 0 Å². The highest BCUT2D eigenvalue weighted by atomic mass is 16.5. The van der Waals surface area contributed by atoms with E-state index in [4.69, 9.17) is 4.52 Å². The zero-order valence-corrected chi connectivity index (χ0v) is 13.7. The van der Waals surface area contributed by atoms with Crippen molar-refractivity contribution in [1.82, 2.24) is 15.8 Å². The Kier molecular flexibility index (Phi) is 5.65. The minimum absolute atomic E-state index is 0.555. The zero-order valence-electron chi connectivity index (χ0n) is 13.7. The first kappa shape index (κ1) is 15.9. The molecule has 21 heavy (non-hydrogen) atoms. The highest BCUT2D eigenvalue weighted by Gasteiger charge is 2.19. The summed E-state index contributed by atoms with van der Waals surface area (Å²) < 4.78 is 5.19. The van der Waals surface area contributed by atoms with Crippen molar-refractivity contribution in [3.8, 4) is 0 Å². The largest absolute Gasteiger partial charge is 0.361 e. The molecule has 0 saturated heterocycles. The molecule has 0 aliphatic heterocycles. The number of rotatable bonds is 4. The van der Waals surface area contributed by atoms with Crippen LogP contribution in [0.4, 0.5) is 0 Å². The second-order valence-electron chi connectivity index (χ2n) is 6.16. The molecule has 2 N–H and O–H groups in total. The number of nitrogens with zero attached hydrogens (tertiary/aromatic N) is 2. The third kappa shape index (κ3) is 4.48. The lowest BCUT2D eigenvalue weighted by Crippen LogP contribution is -2.45. The Morgan fingerprint density at radius 3 is 2.81 bits per heavy atom. The van der Waals surface area contributed by atoms with E-state index in [1.165, 1.54) is 31.2 Å². The third-order valence-corrected chi connectivity index (χ3v) is 4.35. The normalized spacial score (nSPS) is 23.1. The van der Waals surface area contributed by atoms with Crippen molar-refractivity contribution in [2.45, 2.75) is 58.9 Å². The second-order valence-corrected chi connectivity index (χ2v) is 6.16. The fourth-order valence-corrected chi connectivity index (χ4v) is 3.12. The summed E-state index contributed by atoms with van der Waals surface area (Å²) in [5, 5.41) is 10.9. The Labute approximate surface area is 127 Å². The van der Waals surface area contributed by atoms with Crippen molar-refractivity contribution >= 4 is 5.96 Å². The highest BCUT2D eigenvalue weighted by Crippen LogP contribution is 2.23. The van der Waals surface area contributed by atoms with Crippen molar-refractivity contribution in [3.05, 3.63) is 17.0 Å². The van der Waals surface area contributed by atoms with Gasteiger partial charge in [0.15, 0.2) is 5.96 Å². The molecular formula is C16H28N4O. The Hall–Kier alpha value is -1.52. The smallest absolute Gasteiger partial charge is 0.191 e. The molecule has 0 radical (unpaired) electrons. The van der Waals surface area contributed by atoms with Gasteiger partial charge in [0.2, 0.25) is 0 Å². The monoisotopic (exact) mass is 292 g/mol. The molecular weight excluding hydrogens is 264 g/mol. The van der Waals surface area contributed by atoms with Crippen LogP contribution >= 0.6 is 0 Å². The maximum atomic E-state index is 5.19. The maximum Gasteiger partial charge on any atom is 0.191 e. The SMILES string of the molecule is CN=C(NCCc1c(C)noc1C)NC1CCCC(C)C1. The predicted octanol–water partition coefficient (Wildman–Crippen LogP) is 2.58. The molecule has 0 spiro atoms. The lowest BCUT2D eigenvalue weighted by Gasteiger charge is -2.28. The van der Waals surface area contributed by atoms with Gasteiger partial charge in [0.05, 0.1) is 5.69 Å².